The molecule has 1 aromatic heterocycles. The van der Waals surface area contributed by atoms with Crippen molar-refractivity contribution in [2.24, 2.45) is 0 Å². The van der Waals surface area contributed by atoms with Gasteiger partial charge in [-0.15, -0.1) is 0 Å². The summed E-state index contributed by atoms with van der Waals surface area (Å²) in [6, 6.07) is 18.7. The molecule has 0 radical (unpaired) electrons. The summed E-state index contributed by atoms with van der Waals surface area (Å²) >= 11 is 1.87. The topological polar surface area (TPSA) is 50.5 Å². The van der Waals surface area contributed by atoms with Crippen LogP contribution in [0.4, 0.5) is 0 Å². The summed E-state index contributed by atoms with van der Waals surface area (Å²) in [6.07, 6.45) is 0.887. The molecule has 1 fully saturated rings. The van der Waals surface area contributed by atoms with Gasteiger partial charge in [-0.25, -0.2) is 0 Å². The van der Waals surface area contributed by atoms with Crippen LogP contribution in [0.2, 0.25) is 0 Å². The van der Waals surface area contributed by atoms with Gasteiger partial charge in [0.2, 0.25) is 0 Å². The predicted molar refractivity (Wildman–Crippen MR) is 105 cm³/mol. The average Bonchev–Trinajstić information content (AvgIpc) is 2.94. The number of carbonyl (C=O) groups excluding carboxylic acids is 1. The van der Waals surface area contributed by atoms with Gasteiger partial charge < -0.3 is 9.32 Å². The first-order valence-electron chi connectivity index (χ1n) is 8.71. The van der Waals surface area contributed by atoms with Crippen molar-refractivity contribution in [1.29, 1.82) is 0 Å². The SMILES string of the molecule is O=C(c1cc(=O)c2ccccc2o1)N1CCSC(c2ccccc2)CC1. The zero-order chi connectivity index (χ0) is 17.9. The molecule has 0 N–H and O–H groups in total. The van der Waals surface area contributed by atoms with Crippen LogP contribution in [-0.4, -0.2) is 29.6 Å². The number of hydrogen-bond donors (Lipinski definition) is 0. The minimum absolute atomic E-state index is 0.122. The zero-order valence-electron chi connectivity index (χ0n) is 14.3. The van der Waals surface area contributed by atoms with E-state index in [1.165, 1.54) is 11.6 Å². The molecule has 3 aromatic rings. The molecule has 0 saturated carbocycles. The second kappa shape index (κ2) is 7.38. The number of hydrogen-bond acceptors (Lipinski definition) is 4. The standard InChI is InChI=1S/C21H19NO3S/c23-17-14-19(25-18-9-5-4-8-16(17)18)21(24)22-11-10-20(26-13-12-22)15-6-2-1-3-7-15/h1-9,14,20H,10-13H2. The van der Waals surface area contributed by atoms with Gasteiger partial charge >= 0.3 is 0 Å². The molecule has 1 aliphatic rings. The molecule has 1 saturated heterocycles. The molecule has 4 rings (SSSR count). The van der Waals surface area contributed by atoms with E-state index in [9.17, 15) is 9.59 Å². The molecule has 0 bridgehead atoms. The van der Waals surface area contributed by atoms with Crippen LogP contribution in [0.5, 0.6) is 0 Å². The molecule has 2 aromatic carbocycles. The highest BCUT2D eigenvalue weighted by Crippen LogP contribution is 2.34. The molecular formula is C21H19NO3S. The second-order valence-corrected chi connectivity index (χ2v) is 7.63. The lowest BCUT2D eigenvalue weighted by Crippen LogP contribution is -2.33. The normalized spacial score (nSPS) is 17.8. The molecule has 1 amide bonds. The minimum Gasteiger partial charge on any atom is -0.451 e. The molecule has 26 heavy (non-hydrogen) atoms. The lowest BCUT2D eigenvalue weighted by molar-refractivity contribution is 0.0735. The van der Waals surface area contributed by atoms with E-state index in [0.717, 1.165) is 12.2 Å². The maximum Gasteiger partial charge on any atom is 0.289 e. The maximum atomic E-state index is 12.9. The van der Waals surface area contributed by atoms with E-state index >= 15 is 0 Å². The van der Waals surface area contributed by atoms with E-state index in [1.807, 2.05) is 30.0 Å². The van der Waals surface area contributed by atoms with E-state index in [2.05, 4.69) is 12.1 Å². The summed E-state index contributed by atoms with van der Waals surface area (Å²) in [7, 11) is 0. The lowest BCUT2D eigenvalue weighted by atomic mass is 10.1. The van der Waals surface area contributed by atoms with Gasteiger partial charge in [0.15, 0.2) is 11.2 Å². The Hall–Kier alpha value is -2.53. The number of rotatable bonds is 2. The van der Waals surface area contributed by atoms with Crippen LogP contribution in [0.1, 0.15) is 27.8 Å². The number of thioether (sulfide) groups is 1. The molecule has 1 unspecified atom stereocenters. The molecule has 2 heterocycles. The van der Waals surface area contributed by atoms with E-state index in [4.69, 9.17) is 4.42 Å². The molecular weight excluding hydrogens is 346 g/mol. The highest BCUT2D eigenvalue weighted by Gasteiger charge is 2.24. The quantitative estimate of drug-likeness (QED) is 0.686. The first-order chi connectivity index (χ1) is 12.7. The van der Waals surface area contributed by atoms with Crippen LogP contribution in [-0.2, 0) is 0 Å². The third kappa shape index (κ3) is 3.40. The van der Waals surface area contributed by atoms with Crippen LogP contribution < -0.4 is 5.43 Å². The minimum atomic E-state index is -0.206. The van der Waals surface area contributed by atoms with Crippen molar-refractivity contribution in [3.05, 3.63) is 82.2 Å². The van der Waals surface area contributed by atoms with Gasteiger partial charge in [-0.3, -0.25) is 9.59 Å². The van der Waals surface area contributed by atoms with Gasteiger partial charge in [-0.2, -0.15) is 11.8 Å². The van der Waals surface area contributed by atoms with Crippen molar-refractivity contribution in [2.75, 3.05) is 18.8 Å². The highest BCUT2D eigenvalue weighted by atomic mass is 32.2. The largest absolute Gasteiger partial charge is 0.451 e. The molecule has 1 aliphatic heterocycles. The maximum absolute atomic E-state index is 12.9. The van der Waals surface area contributed by atoms with Gasteiger partial charge in [-0.05, 0) is 24.1 Å². The number of benzene rings is 2. The number of amides is 1. The summed E-state index contributed by atoms with van der Waals surface area (Å²) in [4.78, 5) is 26.9. The number of nitrogens with zero attached hydrogens (tertiary/aromatic N) is 1. The molecule has 0 aliphatic carbocycles. The number of carbonyl (C=O) groups is 1. The lowest BCUT2D eigenvalue weighted by Gasteiger charge is -2.19. The molecule has 1 atom stereocenters. The fraction of sp³-hybridized carbons (Fsp3) is 0.238. The van der Waals surface area contributed by atoms with Crippen LogP contribution in [0.15, 0.2) is 69.9 Å². The Kier molecular flexibility index (Phi) is 4.80. The van der Waals surface area contributed by atoms with Gasteiger partial charge in [0.05, 0.1) is 5.39 Å². The Labute approximate surface area is 155 Å². The Balaban J connectivity index is 1.54. The van der Waals surface area contributed by atoms with Gasteiger partial charge in [0, 0.05) is 30.2 Å². The Morgan fingerprint density at radius 3 is 2.65 bits per heavy atom. The van der Waals surface area contributed by atoms with Crippen molar-refractivity contribution in [2.45, 2.75) is 11.7 Å². The summed E-state index contributed by atoms with van der Waals surface area (Å²) in [5.41, 5.74) is 1.57. The van der Waals surface area contributed by atoms with Gasteiger partial charge in [0.25, 0.3) is 5.91 Å². The Bertz CT molecular complexity index is 983. The van der Waals surface area contributed by atoms with Crippen molar-refractivity contribution in [3.63, 3.8) is 0 Å². The van der Waals surface area contributed by atoms with Crippen LogP contribution in [0.25, 0.3) is 11.0 Å². The second-order valence-electron chi connectivity index (χ2n) is 6.32. The Morgan fingerprint density at radius 1 is 1.04 bits per heavy atom. The summed E-state index contributed by atoms with van der Waals surface area (Å²) in [5, 5.41) is 0.886. The van der Waals surface area contributed by atoms with Crippen LogP contribution in [0, 0.1) is 0 Å². The van der Waals surface area contributed by atoms with Crippen molar-refractivity contribution >= 4 is 28.6 Å². The number of fused-ring (bicyclic) bond motifs is 1. The molecule has 5 heteroatoms. The third-order valence-electron chi connectivity index (χ3n) is 4.65. The fourth-order valence-corrected chi connectivity index (χ4v) is 4.50. The van der Waals surface area contributed by atoms with Gasteiger partial charge in [0.1, 0.15) is 5.58 Å². The van der Waals surface area contributed by atoms with E-state index in [0.29, 0.717) is 29.3 Å². The Morgan fingerprint density at radius 2 is 1.81 bits per heavy atom. The smallest absolute Gasteiger partial charge is 0.289 e. The monoisotopic (exact) mass is 365 g/mol. The molecule has 4 nitrogen and oxygen atoms in total. The summed E-state index contributed by atoms with van der Waals surface area (Å²) in [5.74, 6) is 0.780. The highest BCUT2D eigenvalue weighted by molar-refractivity contribution is 7.99. The fourth-order valence-electron chi connectivity index (χ4n) is 3.27. The first-order valence-corrected chi connectivity index (χ1v) is 9.76. The van der Waals surface area contributed by atoms with Gasteiger partial charge in [-0.1, -0.05) is 42.5 Å². The zero-order valence-corrected chi connectivity index (χ0v) is 15.1. The van der Waals surface area contributed by atoms with Crippen molar-refractivity contribution in [1.82, 2.24) is 4.90 Å². The predicted octanol–water partition coefficient (Wildman–Crippen LogP) is 4.11. The van der Waals surface area contributed by atoms with Crippen molar-refractivity contribution < 1.29 is 9.21 Å². The molecule has 0 spiro atoms. The summed E-state index contributed by atoms with van der Waals surface area (Å²) < 4.78 is 5.71. The average molecular weight is 365 g/mol. The van der Waals surface area contributed by atoms with E-state index < -0.39 is 0 Å². The third-order valence-corrected chi connectivity index (χ3v) is 5.97. The first kappa shape index (κ1) is 16.9. The van der Waals surface area contributed by atoms with Crippen molar-refractivity contribution in [3.8, 4) is 0 Å². The van der Waals surface area contributed by atoms with Crippen LogP contribution in [0.3, 0.4) is 0 Å². The number of para-hydroxylation sites is 1. The summed E-state index contributed by atoms with van der Waals surface area (Å²) in [6.45, 7) is 1.31. The van der Waals surface area contributed by atoms with Crippen LogP contribution >= 0.6 is 11.8 Å². The van der Waals surface area contributed by atoms with E-state index in [1.54, 1.807) is 29.2 Å². The van der Waals surface area contributed by atoms with E-state index in [-0.39, 0.29) is 17.1 Å². The molecule has 132 valence electrons.